The van der Waals surface area contributed by atoms with Crippen LogP contribution in [0.2, 0.25) is 0 Å². The van der Waals surface area contributed by atoms with Crippen molar-refractivity contribution >= 4 is 34.5 Å². The number of nitrogens with one attached hydrogen (secondary N) is 2. The Hall–Kier alpha value is -3.81. The predicted octanol–water partition coefficient (Wildman–Crippen LogP) is 2.52. The van der Waals surface area contributed by atoms with Gasteiger partial charge in [-0.15, -0.1) is 0 Å². The Labute approximate surface area is 176 Å². The number of hydrogen-bond donors (Lipinski definition) is 3. The Bertz CT molecular complexity index is 1130. The molecule has 0 fully saturated rings. The third kappa shape index (κ3) is 4.96. The van der Waals surface area contributed by atoms with Crippen molar-refractivity contribution in [1.82, 2.24) is 15.0 Å². The molecule has 1 aromatic carbocycles. The first kappa shape index (κ1) is 20.9. The van der Waals surface area contributed by atoms with Crippen LogP contribution >= 0.6 is 0 Å². The molecule has 4 N–H and O–H groups in total. The van der Waals surface area contributed by atoms with E-state index in [2.05, 4.69) is 25.6 Å². The van der Waals surface area contributed by atoms with E-state index in [4.69, 9.17) is 5.73 Å². The molecule has 0 aliphatic carbocycles. The van der Waals surface area contributed by atoms with Gasteiger partial charge >= 0.3 is 0 Å². The van der Waals surface area contributed by atoms with Gasteiger partial charge in [-0.1, -0.05) is 18.2 Å². The number of anilines is 3. The molecule has 152 valence electrons. The monoisotopic (exact) mass is 420 g/mol. The zero-order chi connectivity index (χ0) is 21.5. The lowest BCUT2D eigenvalue weighted by Crippen LogP contribution is -2.24. The Morgan fingerprint density at radius 3 is 2.70 bits per heavy atom. The first-order valence-electron chi connectivity index (χ1n) is 8.84. The number of para-hydroxylation sites is 1. The van der Waals surface area contributed by atoms with Gasteiger partial charge in [-0.2, -0.15) is 5.26 Å². The lowest BCUT2D eigenvalue weighted by molar-refractivity contribution is 0.536. The largest absolute Gasteiger partial charge is 0.768 e. The van der Waals surface area contributed by atoms with Crippen molar-refractivity contribution in [2.45, 2.75) is 17.9 Å². The Morgan fingerprint density at radius 1 is 1.23 bits per heavy atom. The molecule has 0 radical (unpaired) electrons. The maximum atomic E-state index is 11.6. The number of nitrogen functional groups attached to an aromatic ring is 1. The van der Waals surface area contributed by atoms with Crippen LogP contribution in [0, 0.1) is 11.3 Å². The van der Waals surface area contributed by atoms with Gasteiger partial charge in [-0.05, 0) is 48.3 Å². The highest BCUT2D eigenvalue weighted by atomic mass is 32.2. The van der Waals surface area contributed by atoms with Crippen molar-refractivity contribution in [1.29, 1.82) is 5.26 Å². The third-order valence-electron chi connectivity index (χ3n) is 4.14. The minimum Gasteiger partial charge on any atom is -0.768 e. The molecule has 0 amide bonds. The standard InChI is InChI=1S/C20H19N7O2S/c1-13(26-20-15(11-21)19(22)24-12-25-20)16(27-14-6-3-2-4-7-14)10-17-18(30(28)29)8-5-9-23-17/h2-10,12-13,27H,1H3,(H,28,29)(H3,22,24,25,26)/p-1/b16-10-. The summed E-state index contributed by atoms with van der Waals surface area (Å²) in [5.41, 5.74) is 7.56. The van der Waals surface area contributed by atoms with Crippen LogP contribution in [0.5, 0.6) is 0 Å². The van der Waals surface area contributed by atoms with Gasteiger partial charge in [0.15, 0.2) is 0 Å². The highest BCUT2D eigenvalue weighted by molar-refractivity contribution is 7.79. The number of nitriles is 1. The molecule has 2 heterocycles. The van der Waals surface area contributed by atoms with Gasteiger partial charge < -0.3 is 20.9 Å². The second-order valence-electron chi connectivity index (χ2n) is 6.17. The summed E-state index contributed by atoms with van der Waals surface area (Å²) in [7, 11) is 0. The van der Waals surface area contributed by atoms with Gasteiger partial charge in [-0.25, -0.2) is 9.97 Å². The summed E-state index contributed by atoms with van der Waals surface area (Å²) in [6, 6.07) is 14.0. The normalized spacial score (nSPS) is 13.2. The maximum absolute atomic E-state index is 11.6. The first-order chi connectivity index (χ1) is 14.5. The molecule has 3 rings (SSSR count). The number of aromatic nitrogens is 3. The summed E-state index contributed by atoms with van der Waals surface area (Å²) in [5, 5.41) is 15.8. The molecule has 0 aliphatic rings. The second-order valence-corrected chi connectivity index (χ2v) is 7.08. The van der Waals surface area contributed by atoms with Crippen LogP contribution in [-0.2, 0) is 11.1 Å². The van der Waals surface area contributed by atoms with Crippen LogP contribution in [0.25, 0.3) is 6.08 Å². The van der Waals surface area contributed by atoms with Crippen LogP contribution in [0.15, 0.2) is 65.6 Å². The maximum Gasteiger partial charge on any atom is 0.150 e. The van der Waals surface area contributed by atoms with E-state index in [9.17, 15) is 14.0 Å². The van der Waals surface area contributed by atoms with E-state index in [-0.39, 0.29) is 27.8 Å². The highest BCUT2D eigenvalue weighted by Gasteiger charge is 2.16. The van der Waals surface area contributed by atoms with Gasteiger partial charge in [0, 0.05) is 17.6 Å². The SMILES string of the molecule is CC(Nc1ncnc(N)c1C#N)/C(=C/c1ncccc1S(=O)[O-])Nc1ccccc1. The quantitative estimate of drug-likeness (QED) is 0.489. The van der Waals surface area contributed by atoms with Crippen LogP contribution in [-0.4, -0.2) is 29.8 Å². The van der Waals surface area contributed by atoms with Crippen molar-refractivity contribution in [3.63, 3.8) is 0 Å². The zero-order valence-corrected chi connectivity index (χ0v) is 16.8. The topological polar surface area (TPSA) is 153 Å². The summed E-state index contributed by atoms with van der Waals surface area (Å²) in [4.78, 5) is 12.2. The number of benzene rings is 1. The summed E-state index contributed by atoms with van der Waals surface area (Å²) in [5.74, 6) is 0.337. The number of pyridine rings is 1. The van der Waals surface area contributed by atoms with Crippen molar-refractivity contribution in [2.75, 3.05) is 16.4 Å². The molecule has 2 atom stereocenters. The third-order valence-corrected chi connectivity index (χ3v) is 4.85. The van der Waals surface area contributed by atoms with E-state index < -0.39 is 17.1 Å². The lowest BCUT2D eigenvalue weighted by atomic mass is 10.1. The molecule has 10 heteroatoms. The van der Waals surface area contributed by atoms with Crippen LogP contribution in [0.3, 0.4) is 0 Å². The molecule has 3 aromatic rings. The predicted molar refractivity (Wildman–Crippen MR) is 114 cm³/mol. The molecule has 0 saturated carbocycles. The van der Waals surface area contributed by atoms with E-state index in [1.165, 1.54) is 18.6 Å². The van der Waals surface area contributed by atoms with Crippen molar-refractivity contribution in [3.05, 3.63) is 71.9 Å². The Balaban J connectivity index is 2.01. The minimum absolute atomic E-state index is 0.0671. The van der Waals surface area contributed by atoms with Crippen molar-refractivity contribution in [2.24, 2.45) is 0 Å². The summed E-state index contributed by atoms with van der Waals surface area (Å²) in [6.45, 7) is 1.83. The zero-order valence-electron chi connectivity index (χ0n) is 15.9. The molecule has 2 aromatic heterocycles. The number of nitrogens with two attached hydrogens (primary N) is 1. The first-order valence-corrected chi connectivity index (χ1v) is 9.92. The van der Waals surface area contributed by atoms with Crippen LogP contribution in [0.4, 0.5) is 17.3 Å². The minimum atomic E-state index is -2.45. The van der Waals surface area contributed by atoms with Gasteiger partial charge in [0.05, 0.1) is 16.6 Å². The van der Waals surface area contributed by atoms with Gasteiger partial charge in [0.2, 0.25) is 0 Å². The Kier molecular flexibility index (Phi) is 6.69. The fourth-order valence-electron chi connectivity index (χ4n) is 2.66. The van der Waals surface area contributed by atoms with Crippen molar-refractivity contribution in [3.8, 4) is 6.07 Å². The van der Waals surface area contributed by atoms with E-state index in [0.29, 0.717) is 5.70 Å². The summed E-state index contributed by atoms with van der Waals surface area (Å²) in [6.07, 6.45) is 4.41. The van der Waals surface area contributed by atoms with E-state index >= 15 is 0 Å². The van der Waals surface area contributed by atoms with E-state index in [1.54, 1.807) is 12.1 Å². The summed E-state index contributed by atoms with van der Waals surface area (Å²) < 4.78 is 23.1. The smallest absolute Gasteiger partial charge is 0.150 e. The fraction of sp³-hybridized carbons (Fsp3) is 0.100. The second kappa shape index (κ2) is 9.60. The fourth-order valence-corrected chi connectivity index (χ4v) is 3.13. The molecule has 30 heavy (non-hydrogen) atoms. The molecule has 0 saturated heterocycles. The Morgan fingerprint density at radius 2 is 2.00 bits per heavy atom. The molecule has 0 bridgehead atoms. The molecular formula is C20H18N7O2S-. The van der Waals surface area contributed by atoms with Gasteiger partial charge in [-0.3, -0.25) is 9.19 Å². The van der Waals surface area contributed by atoms with Crippen LogP contribution in [0.1, 0.15) is 18.2 Å². The highest BCUT2D eigenvalue weighted by Crippen LogP contribution is 2.22. The lowest BCUT2D eigenvalue weighted by Gasteiger charge is -2.21. The molecule has 2 unspecified atom stereocenters. The summed E-state index contributed by atoms with van der Waals surface area (Å²) >= 11 is -2.45. The average Bonchev–Trinajstić information content (AvgIpc) is 2.74. The van der Waals surface area contributed by atoms with Gasteiger partial charge in [0.25, 0.3) is 0 Å². The van der Waals surface area contributed by atoms with E-state index in [0.717, 1.165) is 5.69 Å². The number of hydrogen-bond acceptors (Lipinski definition) is 9. The van der Waals surface area contributed by atoms with Crippen molar-refractivity contribution < 1.29 is 8.76 Å². The van der Waals surface area contributed by atoms with E-state index in [1.807, 2.05) is 43.3 Å². The molecule has 0 spiro atoms. The number of nitrogens with zero attached hydrogens (tertiary/aromatic N) is 4. The molecular weight excluding hydrogens is 402 g/mol. The number of rotatable bonds is 7. The average molecular weight is 420 g/mol. The van der Waals surface area contributed by atoms with Gasteiger partial charge in [0.1, 0.15) is 29.6 Å². The van der Waals surface area contributed by atoms with Crippen LogP contribution < -0.4 is 16.4 Å². The molecule has 9 nitrogen and oxygen atoms in total. The molecule has 0 aliphatic heterocycles.